The molecule has 1 aromatic heterocycles. The molecule has 4 heteroatoms. The first-order chi connectivity index (χ1) is 8.74. The van der Waals surface area contributed by atoms with Gasteiger partial charge in [-0.3, -0.25) is 4.79 Å². The third-order valence-electron chi connectivity index (χ3n) is 4.35. The van der Waals surface area contributed by atoms with Crippen molar-refractivity contribution in [1.82, 2.24) is 5.43 Å². The maximum atomic E-state index is 11.7. The number of carbonyl (C=O) groups is 1. The zero-order valence-electron chi connectivity index (χ0n) is 10.6. The number of fused-ring (bicyclic) bond motifs is 2. The van der Waals surface area contributed by atoms with Gasteiger partial charge >= 0.3 is 5.91 Å². The lowest BCUT2D eigenvalue weighted by Gasteiger charge is -2.21. The third-order valence-corrected chi connectivity index (χ3v) is 4.35. The predicted molar refractivity (Wildman–Crippen MR) is 68.2 cm³/mol. The largest absolute Gasteiger partial charge is 0.459 e. The summed E-state index contributed by atoms with van der Waals surface area (Å²) in [7, 11) is 0. The van der Waals surface area contributed by atoms with Gasteiger partial charge in [-0.15, -0.1) is 0 Å². The first-order valence-corrected chi connectivity index (χ1v) is 6.62. The summed E-state index contributed by atoms with van der Waals surface area (Å²) in [4.78, 5) is 11.7. The highest BCUT2D eigenvalue weighted by atomic mass is 16.3. The van der Waals surface area contributed by atoms with E-state index in [0.717, 1.165) is 17.5 Å². The highest BCUT2D eigenvalue weighted by Crippen LogP contribution is 2.48. The van der Waals surface area contributed by atoms with E-state index in [4.69, 9.17) is 4.42 Å². The van der Waals surface area contributed by atoms with Crippen molar-refractivity contribution < 1.29 is 9.21 Å². The van der Waals surface area contributed by atoms with Crippen LogP contribution in [-0.2, 0) is 0 Å². The Morgan fingerprint density at radius 1 is 1.44 bits per heavy atom. The molecule has 2 aliphatic rings. The number of hydrogen-bond acceptors (Lipinski definition) is 3. The average Bonchev–Trinajstić information content (AvgIpc) is 3.09. The lowest BCUT2D eigenvalue weighted by molar-refractivity contribution is 0.0927. The monoisotopic (exact) mass is 246 g/mol. The molecular weight excluding hydrogens is 228 g/mol. The molecule has 0 spiro atoms. The summed E-state index contributed by atoms with van der Waals surface area (Å²) in [6, 6.07) is 3.33. The lowest BCUT2D eigenvalue weighted by atomic mass is 9.86. The SMILES string of the molecule is CC(=NNC(=O)c1ccco1)C1CC2CCC1C2. The molecule has 3 rings (SSSR count). The Morgan fingerprint density at radius 2 is 2.33 bits per heavy atom. The van der Waals surface area contributed by atoms with E-state index in [2.05, 4.69) is 10.5 Å². The quantitative estimate of drug-likeness (QED) is 0.658. The molecular formula is C14H18N2O2. The summed E-state index contributed by atoms with van der Waals surface area (Å²) in [5.41, 5.74) is 3.63. The van der Waals surface area contributed by atoms with Crippen LogP contribution in [-0.4, -0.2) is 11.6 Å². The normalized spacial score (nSPS) is 30.7. The van der Waals surface area contributed by atoms with Crippen molar-refractivity contribution >= 4 is 11.6 Å². The van der Waals surface area contributed by atoms with E-state index in [9.17, 15) is 4.79 Å². The zero-order chi connectivity index (χ0) is 12.5. The molecule has 18 heavy (non-hydrogen) atoms. The molecule has 3 unspecified atom stereocenters. The number of carbonyl (C=O) groups excluding carboxylic acids is 1. The van der Waals surface area contributed by atoms with Crippen LogP contribution in [0, 0.1) is 17.8 Å². The van der Waals surface area contributed by atoms with E-state index < -0.39 is 0 Å². The van der Waals surface area contributed by atoms with Crippen molar-refractivity contribution in [2.75, 3.05) is 0 Å². The molecule has 2 aliphatic carbocycles. The van der Waals surface area contributed by atoms with E-state index in [1.807, 2.05) is 6.92 Å². The van der Waals surface area contributed by atoms with Gasteiger partial charge in [0.15, 0.2) is 5.76 Å². The summed E-state index contributed by atoms with van der Waals surface area (Å²) < 4.78 is 5.02. The number of nitrogens with zero attached hydrogens (tertiary/aromatic N) is 1. The minimum Gasteiger partial charge on any atom is -0.459 e. The van der Waals surface area contributed by atoms with Crippen molar-refractivity contribution in [3.05, 3.63) is 24.2 Å². The highest BCUT2D eigenvalue weighted by molar-refractivity contribution is 5.93. The highest BCUT2D eigenvalue weighted by Gasteiger charge is 2.40. The van der Waals surface area contributed by atoms with Crippen molar-refractivity contribution in [1.29, 1.82) is 0 Å². The van der Waals surface area contributed by atoms with Gasteiger partial charge < -0.3 is 4.42 Å². The average molecular weight is 246 g/mol. The van der Waals surface area contributed by atoms with Gasteiger partial charge in [-0.25, -0.2) is 5.43 Å². The molecule has 1 aromatic rings. The second-order valence-corrected chi connectivity index (χ2v) is 5.45. The van der Waals surface area contributed by atoms with Crippen LogP contribution in [0.4, 0.5) is 0 Å². The van der Waals surface area contributed by atoms with Gasteiger partial charge in [0, 0.05) is 11.6 Å². The number of amides is 1. The van der Waals surface area contributed by atoms with Crippen LogP contribution in [0.25, 0.3) is 0 Å². The molecule has 1 heterocycles. The first kappa shape index (κ1) is 11.5. The third kappa shape index (κ3) is 2.07. The van der Waals surface area contributed by atoms with E-state index in [-0.39, 0.29) is 5.91 Å². The molecule has 1 N–H and O–H groups in total. The Bertz CT molecular complexity index is 464. The maximum Gasteiger partial charge on any atom is 0.307 e. The fourth-order valence-electron chi connectivity index (χ4n) is 3.44. The Morgan fingerprint density at radius 3 is 2.94 bits per heavy atom. The molecule has 0 aliphatic heterocycles. The van der Waals surface area contributed by atoms with Gasteiger partial charge in [-0.05, 0) is 50.2 Å². The van der Waals surface area contributed by atoms with E-state index in [0.29, 0.717) is 11.7 Å². The summed E-state index contributed by atoms with van der Waals surface area (Å²) in [6.45, 7) is 2.02. The van der Waals surface area contributed by atoms with Crippen LogP contribution in [0.1, 0.15) is 43.2 Å². The second kappa shape index (κ2) is 4.59. The predicted octanol–water partition coefficient (Wildman–Crippen LogP) is 2.82. The molecule has 4 nitrogen and oxygen atoms in total. The summed E-state index contributed by atoms with van der Waals surface area (Å²) >= 11 is 0. The number of hydrazone groups is 1. The van der Waals surface area contributed by atoms with E-state index in [1.54, 1.807) is 12.1 Å². The Balaban J connectivity index is 1.61. The lowest BCUT2D eigenvalue weighted by Crippen LogP contribution is -2.24. The number of rotatable bonds is 3. The summed E-state index contributed by atoms with van der Waals surface area (Å²) in [5, 5.41) is 4.24. The van der Waals surface area contributed by atoms with Crippen LogP contribution < -0.4 is 5.43 Å². The van der Waals surface area contributed by atoms with Crippen molar-refractivity contribution in [2.24, 2.45) is 22.9 Å². The van der Waals surface area contributed by atoms with Crippen LogP contribution in [0.3, 0.4) is 0 Å². The van der Waals surface area contributed by atoms with E-state index >= 15 is 0 Å². The standard InChI is InChI=1S/C14H18N2O2/c1-9(12-8-10-4-5-11(12)7-10)15-16-14(17)13-3-2-6-18-13/h2-3,6,10-12H,4-5,7-8H2,1H3,(H,16,17). The Labute approximate surface area is 106 Å². The van der Waals surface area contributed by atoms with Gasteiger partial charge in [-0.2, -0.15) is 5.10 Å². The van der Waals surface area contributed by atoms with Crippen LogP contribution in [0.15, 0.2) is 27.9 Å². The van der Waals surface area contributed by atoms with E-state index in [1.165, 1.54) is 31.9 Å². The Hall–Kier alpha value is -1.58. The molecule has 3 atom stereocenters. The fraction of sp³-hybridized carbons (Fsp3) is 0.571. The van der Waals surface area contributed by atoms with Gasteiger partial charge in [0.25, 0.3) is 0 Å². The number of nitrogens with one attached hydrogen (secondary N) is 1. The number of hydrogen-bond donors (Lipinski definition) is 1. The smallest absolute Gasteiger partial charge is 0.307 e. The van der Waals surface area contributed by atoms with Crippen molar-refractivity contribution in [3.8, 4) is 0 Å². The summed E-state index contributed by atoms with van der Waals surface area (Å²) in [5.74, 6) is 2.29. The molecule has 96 valence electrons. The van der Waals surface area contributed by atoms with Crippen molar-refractivity contribution in [3.63, 3.8) is 0 Å². The number of furan rings is 1. The molecule has 2 bridgehead atoms. The van der Waals surface area contributed by atoms with Crippen LogP contribution >= 0.6 is 0 Å². The molecule has 2 saturated carbocycles. The van der Waals surface area contributed by atoms with Crippen LogP contribution in [0.5, 0.6) is 0 Å². The topological polar surface area (TPSA) is 54.6 Å². The van der Waals surface area contributed by atoms with Crippen LogP contribution in [0.2, 0.25) is 0 Å². The molecule has 2 fully saturated rings. The fourth-order valence-corrected chi connectivity index (χ4v) is 3.44. The van der Waals surface area contributed by atoms with Gasteiger partial charge in [-0.1, -0.05) is 6.42 Å². The summed E-state index contributed by atoms with van der Waals surface area (Å²) in [6.07, 6.45) is 6.79. The van der Waals surface area contributed by atoms with Gasteiger partial charge in [0.2, 0.25) is 0 Å². The van der Waals surface area contributed by atoms with Crippen molar-refractivity contribution in [2.45, 2.75) is 32.6 Å². The minimum atomic E-state index is -0.275. The second-order valence-electron chi connectivity index (χ2n) is 5.45. The molecule has 0 aromatic carbocycles. The first-order valence-electron chi connectivity index (χ1n) is 6.62. The Kier molecular flexibility index (Phi) is 2.94. The minimum absolute atomic E-state index is 0.275. The zero-order valence-corrected chi connectivity index (χ0v) is 10.6. The van der Waals surface area contributed by atoms with Gasteiger partial charge in [0.05, 0.1) is 6.26 Å². The molecule has 1 amide bonds. The van der Waals surface area contributed by atoms with Gasteiger partial charge in [0.1, 0.15) is 0 Å². The molecule has 0 saturated heterocycles. The maximum absolute atomic E-state index is 11.7. The molecule has 0 radical (unpaired) electrons.